The number of thiol groups is 1. The number of halogens is 1. The van der Waals surface area contributed by atoms with Gasteiger partial charge in [0.05, 0.1) is 3.57 Å². The highest BCUT2D eigenvalue weighted by atomic mass is 127. The fourth-order valence-electron chi connectivity index (χ4n) is 2.56. The molecule has 1 aromatic rings. The maximum absolute atomic E-state index is 12.1. The van der Waals surface area contributed by atoms with Crippen LogP contribution in [0.4, 0.5) is 0 Å². The first kappa shape index (κ1) is 13.4. The van der Waals surface area contributed by atoms with E-state index in [-0.39, 0.29) is 11.0 Å². The van der Waals surface area contributed by atoms with Gasteiger partial charge in [0.15, 0.2) is 0 Å². The number of aromatic nitrogens is 2. The summed E-state index contributed by atoms with van der Waals surface area (Å²) in [7, 11) is 0. The second kappa shape index (κ2) is 5.30. The summed E-state index contributed by atoms with van der Waals surface area (Å²) < 4.78 is 2.52. The van der Waals surface area contributed by atoms with Gasteiger partial charge in [-0.2, -0.15) is 12.6 Å². The van der Waals surface area contributed by atoms with Gasteiger partial charge in [-0.15, -0.1) is 0 Å². The third-order valence-electron chi connectivity index (χ3n) is 3.70. The van der Waals surface area contributed by atoms with Gasteiger partial charge in [0, 0.05) is 12.7 Å². The Bertz CT molecular complexity index is 466. The minimum absolute atomic E-state index is 0.0890. The highest BCUT2D eigenvalue weighted by Gasteiger charge is 2.33. The van der Waals surface area contributed by atoms with Crippen LogP contribution >= 0.6 is 35.2 Å². The lowest BCUT2D eigenvalue weighted by atomic mass is 9.88. The number of rotatable bonds is 3. The standard InChI is InChI=1S/C12H17IN2OS/c1-9-14-6-10(13)11(16)15(9)7-12(8-17)4-2-3-5-12/h6,17H,2-5,7-8H2,1H3. The molecule has 0 unspecified atom stereocenters. The van der Waals surface area contributed by atoms with Crippen molar-refractivity contribution in [1.82, 2.24) is 9.55 Å². The van der Waals surface area contributed by atoms with Crippen molar-refractivity contribution in [3.8, 4) is 0 Å². The van der Waals surface area contributed by atoms with Gasteiger partial charge in [0.1, 0.15) is 5.82 Å². The molecule has 0 atom stereocenters. The van der Waals surface area contributed by atoms with E-state index in [2.05, 4.69) is 40.2 Å². The smallest absolute Gasteiger partial charge is 0.266 e. The molecule has 1 aliphatic carbocycles. The second-order valence-corrected chi connectivity index (χ2v) is 6.39. The van der Waals surface area contributed by atoms with Gasteiger partial charge in [-0.1, -0.05) is 12.8 Å². The largest absolute Gasteiger partial charge is 0.295 e. The van der Waals surface area contributed by atoms with E-state index in [0.717, 1.165) is 18.1 Å². The average Bonchev–Trinajstić information content (AvgIpc) is 2.79. The first-order valence-corrected chi connectivity index (χ1v) is 7.62. The Balaban J connectivity index is 2.35. The zero-order valence-electron chi connectivity index (χ0n) is 9.95. The molecule has 1 saturated carbocycles. The fourth-order valence-corrected chi connectivity index (χ4v) is 3.41. The Morgan fingerprint density at radius 2 is 2.18 bits per heavy atom. The lowest BCUT2D eigenvalue weighted by Crippen LogP contribution is -2.34. The van der Waals surface area contributed by atoms with E-state index >= 15 is 0 Å². The molecule has 0 N–H and O–H groups in total. The van der Waals surface area contributed by atoms with Crippen molar-refractivity contribution in [3.63, 3.8) is 0 Å². The normalized spacial score (nSPS) is 18.5. The van der Waals surface area contributed by atoms with Crippen molar-refractivity contribution in [2.45, 2.75) is 39.2 Å². The molecule has 0 saturated heterocycles. The number of aryl methyl sites for hydroxylation is 1. The lowest BCUT2D eigenvalue weighted by Gasteiger charge is -2.28. The predicted molar refractivity (Wildman–Crippen MR) is 80.7 cm³/mol. The summed E-state index contributed by atoms with van der Waals surface area (Å²) in [6, 6.07) is 0. The minimum atomic E-state index is 0.0890. The van der Waals surface area contributed by atoms with Crippen molar-refractivity contribution in [1.29, 1.82) is 0 Å². The summed E-state index contributed by atoms with van der Waals surface area (Å²) >= 11 is 6.54. The first-order valence-electron chi connectivity index (χ1n) is 5.91. The molecule has 0 spiro atoms. The van der Waals surface area contributed by atoms with Gasteiger partial charge in [-0.3, -0.25) is 9.36 Å². The topological polar surface area (TPSA) is 34.9 Å². The van der Waals surface area contributed by atoms with Gasteiger partial charge in [-0.05, 0) is 53.5 Å². The Morgan fingerprint density at radius 3 is 2.76 bits per heavy atom. The molecule has 1 fully saturated rings. The van der Waals surface area contributed by atoms with Crippen molar-refractivity contribution in [3.05, 3.63) is 25.9 Å². The van der Waals surface area contributed by atoms with E-state index in [0.29, 0.717) is 3.57 Å². The summed E-state index contributed by atoms with van der Waals surface area (Å²) in [5.74, 6) is 1.66. The molecular weight excluding hydrogens is 347 g/mol. The third kappa shape index (κ3) is 2.70. The molecule has 0 amide bonds. The highest BCUT2D eigenvalue weighted by Crippen LogP contribution is 2.40. The van der Waals surface area contributed by atoms with Crippen LogP contribution in [0.2, 0.25) is 0 Å². The van der Waals surface area contributed by atoms with E-state index in [4.69, 9.17) is 0 Å². The van der Waals surface area contributed by atoms with Crippen LogP contribution in [0.1, 0.15) is 31.5 Å². The van der Waals surface area contributed by atoms with Crippen LogP contribution in [0.25, 0.3) is 0 Å². The second-order valence-electron chi connectivity index (χ2n) is 4.91. The Labute approximate surface area is 121 Å². The van der Waals surface area contributed by atoms with Crippen molar-refractivity contribution >= 4 is 35.2 Å². The molecule has 0 bridgehead atoms. The lowest BCUT2D eigenvalue weighted by molar-refractivity contribution is 0.281. The SMILES string of the molecule is Cc1ncc(I)c(=O)n1CC1(CS)CCCC1. The Morgan fingerprint density at radius 1 is 1.53 bits per heavy atom. The van der Waals surface area contributed by atoms with Gasteiger partial charge in [0.25, 0.3) is 5.56 Å². The molecule has 0 aromatic carbocycles. The highest BCUT2D eigenvalue weighted by molar-refractivity contribution is 14.1. The van der Waals surface area contributed by atoms with E-state index < -0.39 is 0 Å². The molecule has 1 heterocycles. The van der Waals surface area contributed by atoms with E-state index in [1.165, 1.54) is 25.7 Å². The van der Waals surface area contributed by atoms with Crippen LogP contribution in [-0.2, 0) is 6.54 Å². The molecule has 0 aliphatic heterocycles. The molecule has 0 radical (unpaired) electrons. The summed E-state index contributed by atoms with van der Waals surface area (Å²) in [5.41, 5.74) is 0.287. The van der Waals surface area contributed by atoms with Crippen LogP contribution < -0.4 is 5.56 Å². The van der Waals surface area contributed by atoms with E-state index in [1.807, 2.05) is 11.5 Å². The number of nitrogens with zero attached hydrogens (tertiary/aromatic N) is 2. The van der Waals surface area contributed by atoms with Crippen molar-refractivity contribution < 1.29 is 0 Å². The average molecular weight is 364 g/mol. The Kier molecular flexibility index (Phi) is 4.18. The molecular formula is C12H17IN2OS. The summed E-state index contributed by atoms with van der Waals surface area (Å²) in [5, 5.41) is 0. The summed E-state index contributed by atoms with van der Waals surface area (Å²) in [6.07, 6.45) is 6.51. The molecule has 5 heteroatoms. The zero-order chi connectivity index (χ0) is 12.5. The molecule has 3 nitrogen and oxygen atoms in total. The molecule has 2 rings (SSSR count). The van der Waals surface area contributed by atoms with Crippen LogP contribution in [0, 0.1) is 15.9 Å². The first-order chi connectivity index (χ1) is 8.08. The number of hydrogen-bond acceptors (Lipinski definition) is 3. The van der Waals surface area contributed by atoms with Crippen molar-refractivity contribution in [2.24, 2.45) is 5.41 Å². The maximum Gasteiger partial charge on any atom is 0.266 e. The van der Waals surface area contributed by atoms with Gasteiger partial charge < -0.3 is 0 Å². The van der Waals surface area contributed by atoms with Crippen LogP contribution in [0.5, 0.6) is 0 Å². The van der Waals surface area contributed by atoms with Crippen LogP contribution in [-0.4, -0.2) is 15.3 Å². The van der Waals surface area contributed by atoms with Crippen LogP contribution in [0.3, 0.4) is 0 Å². The molecule has 94 valence electrons. The van der Waals surface area contributed by atoms with Crippen LogP contribution in [0.15, 0.2) is 11.0 Å². The number of hydrogen-bond donors (Lipinski definition) is 1. The molecule has 17 heavy (non-hydrogen) atoms. The maximum atomic E-state index is 12.1. The minimum Gasteiger partial charge on any atom is -0.295 e. The fraction of sp³-hybridized carbons (Fsp3) is 0.667. The Hall–Kier alpha value is -0.0400. The third-order valence-corrected chi connectivity index (χ3v) is 5.11. The predicted octanol–water partition coefficient (Wildman–Crippen LogP) is 2.65. The monoisotopic (exact) mass is 364 g/mol. The summed E-state index contributed by atoms with van der Waals surface area (Å²) in [6.45, 7) is 2.67. The van der Waals surface area contributed by atoms with Crippen molar-refractivity contribution in [2.75, 3.05) is 5.75 Å². The zero-order valence-corrected chi connectivity index (χ0v) is 13.0. The van der Waals surface area contributed by atoms with Gasteiger partial charge in [0.2, 0.25) is 0 Å². The quantitative estimate of drug-likeness (QED) is 0.661. The van der Waals surface area contributed by atoms with E-state index in [1.54, 1.807) is 6.20 Å². The van der Waals surface area contributed by atoms with Gasteiger partial charge in [-0.25, -0.2) is 4.98 Å². The van der Waals surface area contributed by atoms with Gasteiger partial charge >= 0.3 is 0 Å². The summed E-state index contributed by atoms with van der Waals surface area (Å²) in [4.78, 5) is 16.4. The van der Waals surface area contributed by atoms with E-state index in [9.17, 15) is 4.79 Å². The molecule has 1 aliphatic rings. The molecule has 1 aromatic heterocycles.